The fraction of sp³-hybridized carbons (Fsp3) is 0.0161. The van der Waals surface area contributed by atoms with Crippen LogP contribution in [0.4, 0.5) is 0 Å². The molecule has 0 fully saturated rings. The lowest BCUT2D eigenvalue weighted by Gasteiger charge is -2.34. The first-order valence-electron chi connectivity index (χ1n) is 22.4. The monoisotopic (exact) mass is 842 g/mol. The van der Waals surface area contributed by atoms with Gasteiger partial charge in [0.25, 0.3) is 0 Å². The van der Waals surface area contributed by atoms with E-state index in [9.17, 15) is 0 Å². The van der Waals surface area contributed by atoms with Gasteiger partial charge in [0, 0.05) is 15.5 Å². The molecule has 0 amide bonds. The summed E-state index contributed by atoms with van der Waals surface area (Å²) in [5.74, 6) is 0. The van der Waals surface area contributed by atoms with E-state index >= 15 is 0 Å². The van der Waals surface area contributed by atoms with Crippen molar-refractivity contribution in [3.05, 3.63) is 253 Å². The number of nitrogens with zero attached hydrogens (tertiary/aromatic N) is 2. The molecule has 3 aromatic heterocycles. The number of imidazole rings is 1. The van der Waals surface area contributed by atoms with Gasteiger partial charge < -0.3 is 0 Å². The van der Waals surface area contributed by atoms with E-state index in [1.165, 1.54) is 97.4 Å². The molecule has 302 valence electrons. The first kappa shape index (κ1) is 36.4. The number of rotatable bonds is 5. The van der Waals surface area contributed by atoms with Crippen molar-refractivity contribution in [2.45, 2.75) is 5.41 Å². The number of thiophene rings is 1. The molecular weight excluding hydrogens is 805 g/mol. The van der Waals surface area contributed by atoms with Gasteiger partial charge in [-0.15, -0.1) is 11.3 Å². The second-order valence-electron chi connectivity index (χ2n) is 17.4. The predicted molar refractivity (Wildman–Crippen MR) is 274 cm³/mol. The molecular formula is C62H38N2S. The topological polar surface area (TPSA) is 17.3 Å². The fourth-order valence-electron chi connectivity index (χ4n) is 11.1. The van der Waals surface area contributed by atoms with Crippen molar-refractivity contribution in [3.8, 4) is 44.6 Å². The summed E-state index contributed by atoms with van der Waals surface area (Å²) in [6, 6.07) is 85.2. The average Bonchev–Trinajstić information content (AvgIpc) is 4.04. The van der Waals surface area contributed by atoms with Gasteiger partial charge in [-0.3, -0.25) is 4.40 Å². The summed E-state index contributed by atoms with van der Waals surface area (Å²) in [5, 5.41) is 7.44. The molecule has 1 aliphatic carbocycles. The van der Waals surface area contributed by atoms with Crippen LogP contribution in [-0.2, 0) is 5.41 Å². The third-order valence-electron chi connectivity index (χ3n) is 14.0. The highest BCUT2D eigenvalue weighted by Gasteiger charge is 2.46. The summed E-state index contributed by atoms with van der Waals surface area (Å²) in [6.07, 6.45) is 0. The molecule has 0 unspecified atom stereocenters. The lowest BCUT2D eigenvalue weighted by atomic mass is 9.67. The molecule has 10 aromatic carbocycles. The fourth-order valence-corrected chi connectivity index (χ4v) is 12.3. The molecule has 0 radical (unpaired) electrons. The van der Waals surface area contributed by atoms with Crippen molar-refractivity contribution >= 4 is 69.7 Å². The Hall–Kier alpha value is -8.11. The van der Waals surface area contributed by atoms with E-state index in [0.717, 1.165) is 27.9 Å². The smallest absolute Gasteiger partial charge is 0.156 e. The highest BCUT2D eigenvalue weighted by molar-refractivity contribution is 7.26. The molecule has 1 aliphatic rings. The molecule has 3 heterocycles. The molecule has 0 saturated heterocycles. The third-order valence-corrected chi connectivity index (χ3v) is 15.2. The number of aromatic nitrogens is 2. The summed E-state index contributed by atoms with van der Waals surface area (Å²) in [4.78, 5) is 5.40. The van der Waals surface area contributed by atoms with E-state index in [2.05, 4.69) is 235 Å². The molecule has 65 heavy (non-hydrogen) atoms. The Balaban J connectivity index is 0.884. The van der Waals surface area contributed by atoms with Gasteiger partial charge in [0.2, 0.25) is 0 Å². The van der Waals surface area contributed by atoms with E-state index in [-0.39, 0.29) is 0 Å². The van der Waals surface area contributed by atoms with Gasteiger partial charge in [0.15, 0.2) is 5.65 Å². The Morgan fingerprint density at radius 2 is 0.969 bits per heavy atom. The van der Waals surface area contributed by atoms with Crippen LogP contribution in [0.2, 0.25) is 0 Å². The van der Waals surface area contributed by atoms with Crippen molar-refractivity contribution in [1.29, 1.82) is 0 Å². The average molecular weight is 843 g/mol. The SMILES string of the molecule is c1ccc(C2(c3ccccc3)c3ccccc3-c3c(-c4ccc(-c5ccc(-c6cc7c8ccccc8sc7c7nc8cc9cc%10ccccc%10cc9cc8n67)cc5)cc4)cccc32)cc1. The van der Waals surface area contributed by atoms with Gasteiger partial charge in [-0.05, 0) is 119 Å². The van der Waals surface area contributed by atoms with E-state index in [1.807, 2.05) is 11.3 Å². The Kier molecular flexibility index (Phi) is 7.80. The molecule has 0 aliphatic heterocycles. The van der Waals surface area contributed by atoms with E-state index < -0.39 is 5.41 Å². The maximum atomic E-state index is 5.40. The largest absolute Gasteiger partial charge is 0.291 e. The lowest BCUT2D eigenvalue weighted by Crippen LogP contribution is -2.28. The summed E-state index contributed by atoms with van der Waals surface area (Å²) in [5.41, 5.74) is 17.6. The summed E-state index contributed by atoms with van der Waals surface area (Å²) >= 11 is 1.83. The van der Waals surface area contributed by atoms with Crippen molar-refractivity contribution in [3.63, 3.8) is 0 Å². The maximum absolute atomic E-state index is 5.40. The van der Waals surface area contributed by atoms with E-state index in [4.69, 9.17) is 4.98 Å². The first-order chi connectivity index (χ1) is 32.2. The lowest BCUT2D eigenvalue weighted by molar-refractivity contribution is 0.768. The van der Waals surface area contributed by atoms with Gasteiger partial charge in [-0.2, -0.15) is 0 Å². The first-order valence-corrected chi connectivity index (χ1v) is 23.2. The highest BCUT2D eigenvalue weighted by atomic mass is 32.1. The minimum Gasteiger partial charge on any atom is -0.291 e. The van der Waals surface area contributed by atoms with Gasteiger partial charge in [-0.1, -0.05) is 194 Å². The van der Waals surface area contributed by atoms with Crippen LogP contribution >= 0.6 is 11.3 Å². The molecule has 3 heteroatoms. The normalized spacial score (nSPS) is 13.0. The Morgan fingerprint density at radius 1 is 0.400 bits per heavy atom. The zero-order valence-corrected chi connectivity index (χ0v) is 36.1. The van der Waals surface area contributed by atoms with Crippen molar-refractivity contribution in [2.75, 3.05) is 0 Å². The predicted octanol–water partition coefficient (Wildman–Crippen LogP) is 16.5. The molecule has 2 nitrogen and oxygen atoms in total. The molecule has 14 rings (SSSR count). The Bertz CT molecular complexity index is 3990. The van der Waals surface area contributed by atoms with E-state index in [0.29, 0.717) is 0 Å². The zero-order valence-electron chi connectivity index (χ0n) is 35.2. The number of hydrogen-bond donors (Lipinski definition) is 0. The standard InChI is InChI=1S/C62H38N2S/c1-3-16-47(17-4-1)62(48-18-5-2-6-19-48)53-23-11-9-21-51(53)59-49(22-13-24-54(59)62)41-30-26-39(27-31-41)40-28-32-42(33-29-40)56-38-52-50-20-10-12-25-58(50)65-60(52)61-63-55-36-45-34-43-14-7-8-15-44(43)35-46(45)37-57(55)64(56)61/h1-38H. The van der Waals surface area contributed by atoms with Crippen molar-refractivity contribution < 1.29 is 0 Å². The Morgan fingerprint density at radius 3 is 1.69 bits per heavy atom. The number of fused-ring (bicyclic) bond motifs is 12. The molecule has 0 saturated carbocycles. The molecule has 13 aromatic rings. The maximum Gasteiger partial charge on any atom is 0.156 e. The van der Waals surface area contributed by atoms with Crippen molar-refractivity contribution in [2.24, 2.45) is 0 Å². The van der Waals surface area contributed by atoms with Crippen LogP contribution in [-0.4, -0.2) is 9.38 Å². The summed E-state index contributed by atoms with van der Waals surface area (Å²) < 4.78 is 4.89. The van der Waals surface area contributed by atoms with Crippen molar-refractivity contribution in [1.82, 2.24) is 9.38 Å². The van der Waals surface area contributed by atoms with Crippen LogP contribution in [0, 0.1) is 0 Å². The molecule has 0 atom stereocenters. The minimum atomic E-state index is -0.426. The zero-order chi connectivity index (χ0) is 42.6. The second kappa shape index (κ2) is 13.9. The van der Waals surface area contributed by atoms with Gasteiger partial charge in [0.1, 0.15) is 0 Å². The van der Waals surface area contributed by atoms with Gasteiger partial charge in [0.05, 0.1) is 26.8 Å². The number of hydrogen-bond acceptors (Lipinski definition) is 2. The van der Waals surface area contributed by atoms with Crippen LogP contribution in [0.3, 0.4) is 0 Å². The number of benzene rings is 10. The second-order valence-corrected chi connectivity index (χ2v) is 18.5. The van der Waals surface area contributed by atoms with Crippen LogP contribution < -0.4 is 0 Å². The summed E-state index contributed by atoms with van der Waals surface area (Å²) in [7, 11) is 0. The highest BCUT2D eigenvalue weighted by Crippen LogP contribution is 2.58. The van der Waals surface area contributed by atoms with Gasteiger partial charge in [-0.25, -0.2) is 4.98 Å². The van der Waals surface area contributed by atoms with Crippen LogP contribution in [0.5, 0.6) is 0 Å². The third kappa shape index (κ3) is 5.31. The molecule has 0 bridgehead atoms. The minimum absolute atomic E-state index is 0.426. The van der Waals surface area contributed by atoms with E-state index in [1.54, 1.807) is 0 Å². The van der Waals surface area contributed by atoms with Crippen LogP contribution in [0.15, 0.2) is 231 Å². The van der Waals surface area contributed by atoms with Crippen LogP contribution in [0.25, 0.3) is 103 Å². The quantitative estimate of drug-likeness (QED) is 0.158. The molecule has 0 N–H and O–H groups in total. The molecule has 0 spiro atoms. The number of pyridine rings is 1. The van der Waals surface area contributed by atoms with Gasteiger partial charge >= 0.3 is 0 Å². The summed E-state index contributed by atoms with van der Waals surface area (Å²) in [6.45, 7) is 0. The Labute approximate surface area is 380 Å². The van der Waals surface area contributed by atoms with Crippen LogP contribution in [0.1, 0.15) is 22.3 Å².